The largest absolute Gasteiger partial charge is 0.494 e. The highest BCUT2D eigenvalue weighted by atomic mass is 35.5. The standard InChI is InChI=1S/C35H39ClO8/c1-4-9-25-10-12-26(13-11-25)28-16-19-32(31(36)22-28)44-35(39)27-14-17-29(18-15-27)41-21-8-7-20-40-23-30(43-34(38)6-3)24-42-33(37)5-2/h5-6,10-19,22,30,34,38H,2-4,7-9,20-21,23-24H2,1H3. The van der Waals surface area contributed by atoms with Crippen LogP contribution in [0.3, 0.4) is 0 Å². The van der Waals surface area contributed by atoms with Crippen LogP contribution in [0.15, 0.2) is 92.0 Å². The molecule has 0 aliphatic heterocycles. The second-order valence-electron chi connectivity index (χ2n) is 9.86. The summed E-state index contributed by atoms with van der Waals surface area (Å²) in [5.41, 5.74) is 3.65. The van der Waals surface area contributed by atoms with Crippen molar-refractivity contribution < 1.29 is 38.4 Å². The summed E-state index contributed by atoms with van der Waals surface area (Å²) >= 11 is 6.44. The predicted molar refractivity (Wildman–Crippen MR) is 170 cm³/mol. The predicted octanol–water partition coefficient (Wildman–Crippen LogP) is 6.97. The van der Waals surface area contributed by atoms with Gasteiger partial charge in [0.25, 0.3) is 0 Å². The van der Waals surface area contributed by atoms with Crippen molar-refractivity contribution in [2.24, 2.45) is 0 Å². The Morgan fingerprint density at radius 1 is 0.932 bits per heavy atom. The van der Waals surface area contributed by atoms with Gasteiger partial charge in [0.2, 0.25) is 0 Å². The summed E-state index contributed by atoms with van der Waals surface area (Å²) in [6.45, 7) is 9.84. The number of esters is 2. The van der Waals surface area contributed by atoms with E-state index in [1.165, 1.54) is 11.6 Å². The topological polar surface area (TPSA) is 101 Å². The normalized spacial score (nSPS) is 12.2. The molecule has 0 aromatic heterocycles. The molecule has 44 heavy (non-hydrogen) atoms. The van der Waals surface area contributed by atoms with Gasteiger partial charge >= 0.3 is 11.9 Å². The van der Waals surface area contributed by atoms with E-state index in [-0.39, 0.29) is 19.0 Å². The van der Waals surface area contributed by atoms with Gasteiger partial charge in [0.15, 0.2) is 6.29 Å². The lowest BCUT2D eigenvalue weighted by atomic mass is 10.0. The Morgan fingerprint density at radius 2 is 1.64 bits per heavy atom. The van der Waals surface area contributed by atoms with Gasteiger partial charge in [-0.2, -0.15) is 0 Å². The Bertz CT molecular complexity index is 1350. The van der Waals surface area contributed by atoms with Crippen molar-refractivity contribution in [3.8, 4) is 22.6 Å². The summed E-state index contributed by atoms with van der Waals surface area (Å²) < 4.78 is 27.2. The highest BCUT2D eigenvalue weighted by Gasteiger charge is 2.16. The Balaban J connectivity index is 1.39. The number of aryl methyl sites for hydroxylation is 1. The van der Waals surface area contributed by atoms with E-state index in [0.717, 1.165) is 30.0 Å². The zero-order valence-corrected chi connectivity index (χ0v) is 25.7. The van der Waals surface area contributed by atoms with E-state index >= 15 is 0 Å². The third-order valence-electron chi connectivity index (χ3n) is 6.42. The van der Waals surface area contributed by atoms with Crippen LogP contribution in [0.4, 0.5) is 0 Å². The molecule has 8 nitrogen and oxygen atoms in total. The molecule has 0 radical (unpaired) electrons. The van der Waals surface area contributed by atoms with Crippen LogP contribution in [0, 0.1) is 0 Å². The molecule has 1 N–H and O–H groups in total. The lowest BCUT2D eigenvalue weighted by Crippen LogP contribution is -2.30. The first kappa shape index (κ1) is 34.5. The van der Waals surface area contributed by atoms with Crippen molar-refractivity contribution in [2.75, 3.05) is 26.4 Å². The number of hydrogen-bond acceptors (Lipinski definition) is 8. The number of aliphatic hydroxyl groups excluding tert-OH is 1. The molecule has 9 heteroatoms. The lowest BCUT2D eigenvalue weighted by molar-refractivity contribution is -0.160. The van der Waals surface area contributed by atoms with Gasteiger partial charge in [-0.3, -0.25) is 0 Å². The SMILES string of the molecule is C=CC(=O)OCC(COCCCCOc1ccc(C(=O)Oc2ccc(-c3ccc(CCC)cc3)cc2Cl)cc1)OC(O)C=C. The maximum Gasteiger partial charge on any atom is 0.343 e. The maximum atomic E-state index is 12.7. The van der Waals surface area contributed by atoms with Gasteiger partial charge in [-0.15, -0.1) is 0 Å². The van der Waals surface area contributed by atoms with Gasteiger partial charge in [-0.1, -0.05) is 68.4 Å². The fraction of sp³-hybridized carbons (Fsp3) is 0.314. The van der Waals surface area contributed by atoms with Gasteiger partial charge in [0.05, 0.1) is 23.8 Å². The number of unbranched alkanes of at least 4 members (excludes halogenated alkanes) is 1. The van der Waals surface area contributed by atoms with Crippen molar-refractivity contribution in [3.05, 3.63) is 108 Å². The number of aliphatic hydroxyl groups is 1. The van der Waals surface area contributed by atoms with Crippen molar-refractivity contribution in [1.82, 2.24) is 0 Å². The van der Waals surface area contributed by atoms with Crippen LogP contribution in [0.25, 0.3) is 11.1 Å². The maximum absolute atomic E-state index is 12.7. The van der Waals surface area contributed by atoms with Crippen molar-refractivity contribution in [1.29, 1.82) is 0 Å². The van der Waals surface area contributed by atoms with E-state index in [4.69, 9.17) is 35.3 Å². The Morgan fingerprint density at radius 3 is 2.30 bits per heavy atom. The van der Waals surface area contributed by atoms with Gasteiger partial charge in [0, 0.05) is 12.7 Å². The zero-order valence-electron chi connectivity index (χ0n) is 24.9. The molecule has 0 aliphatic rings. The van der Waals surface area contributed by atoms with E-state index in [1.807, 2.05) is 6.07 Å². The summed E-state index contributed by atoms with van der Waals surface area (Å²) in [5.74, 6) is -0.203. The summed E-state index contributed by atoms with van der Waals surface area (Å²) in [7, 11) is 0. The van der Waals surface area contributed by atoms with Gasteiger partial charge in [-0.25, -0.2) is 9.59 Å². The Kier molecular flexibility index (Phi) is 14.6. The van der Waals surface area contributed by atoms with Crippen LogP contribution in [0.5, 0.6) is 11.5 Å². The first-order valence-corrected chi connectivity index (χ1v) is 14.9. The molecule has 0 aliphatic carbocycles. The summed E-state index contributed by atoms with van der Waals surface area (Å²) in [5, 5.41) is 9.97. The van der Waals surface area contributed by atoms with Crippen LogP contribution < -0.4 is 9.47 Å². The van der Waals surface area contributed by atoms with Gasteiger partial charge < -0.3 is 28.8 Å². The molecule has 0 bridgehead atoms. The van der Waals surface area contributed by atoms with Crippen LogP contribution in [-0.2, 0) is 25.4 Å². The number of carbonyl (C=O) groups excluding carboxylic acids is 2. The zero-order chi connectivity index (χ0) is 31.7. The van der Waals surface area contributed by atoms with Gasteiger partial charge in [-0.05, 0) is 78.4 Å². The van der Waals surface area contributed by atoms with Gasteiger partial charge in [0.1, 0.15) is 24.2 Å². The van der Waals surface area contributed by atoms with Crippen LogP contribution >= 0.6 is 11.6 Å². The molecule has 3 aromatic rings. The van der Waals surface area contributed by atoms with Crippen molar-refractivity contribution in [3.63, 3.8) is 0 Å². The van der Waals surface area contributed by atoms with Crippen LogP contribution in [-0.4, -0.2) is 55.9 Å². The van der Waals surface area contributed by atoms with Crippen molar-refractivity contribution in [2.45, 2.75) is 45.0 Å². The highest BCUT2D eigenvalue weighted by Crippen LogP contribution is 2.31. The number of ether oxygens (including phenoxy) is 5. The molecule has 0 spiro atoms. The molecule has 2 atom stereocenters. The Hall–Kier alpha value is -3.95. The number of halogens is 1. The minimum atomic E-state index is -1.20. The molecule has 3 rings (SSSR count). The van der Waals surface area contributed by atoms with E-state index in [1.54, 1.807) is 36.4 Å². The summed E-state index contributed by atoms with van der Waals surface area (Å²) in [4.78, 5) is 24.0. The molecular formula is C35H39ClO8. The lowest BCUT2D eigenvalue weighted by Gasteiger charge is -2.19. The smallest absolute Gasteiger partial charge is 0.343 e. The van der Waals surface area contributed by atoms with Crippen molar-refractivity contribution >= 4 is 23.5 Å². The monoisotopic (exact) mass is 622 g/mol. The molecule has 2 unspecified atom stereocenters. The number of benzene rings is 3. The highest BCUT2D eigenvalue weighted by molar-refractivity contribution is 6.32. The number of carbonyl (C=O) groups is 2. The van der Waals surface area contributed by atoms with E-state index < -0.39 is 24.3 Å². The minimum Gasteiger partial charge on any atom is -0.494 e. The third kappa shape index (κ3) is 11.6. The van der Waals surface area contributed by atoms with Crippen LogP contribution in [0.2, 0.25) is 5.02 Å². The molecule has 0 amide bonds. The third-order valence-corrected chi connectivity index (χ3v) is 6.71. The molecule has 0 saturated heterocycles. The fourth-order valence-corrected chi connectivity index (χ4v) is 4.31. The molecular weight excluding hydrogens is 584 g/mol. The average Bonchev–Trinajstić information content (AvgIpc) is 3.04. The second-order valence-corrected chi connectivity index (χ2v) is 10.3. The minimum absolute atomic E-state index is 0.0874. The first-order valence-electron chi connectivity index (χ1n) is 14.5. The molecule has 0 heterocycles. The average molecular weight is 623 g/mol. The fourth-order valence-electron chi connectivity index (χ4n) is 4.09. The van der Waals surface area contributed by atoms with E-state index in [2.05, 4.69) is 44.3 Å². The molecule has 3 aromatic carbocycles. The molecule has 0 fully saturated rings. The summed E-state index contributed by atoms with van der Waals surface area (Å²) in [6.07, 6.45) is 3.97. The van der Waals surface area contributed by atoms with Crippen LogP contribution in [0.1, 0.15) is 42.1 Å². The first-order chi connectivity index (χ1) is 21.3. The quantitative estimate of drug-likeness (QED) is 0.0382. The summed E-state index contributed by atoms with van der Waals surface area (Å²) in [6, 6.07) is 20.4. The van der Waals surface area contributed by atoms with E-state index in [9.17, 15) is 14.7 Å². The Labute approximate surface area is 263 Å². The second kappa shape index (κ2) is 18.7. The van der Waals surface area contributed by atoms with E-state index in [0.29, 0.717) is 42.4 Å². The molecule has 234 valence electrons. The molecule has 0 saturated carbocycles. The number of hydrogen-bond donors (Lipinski definition) is 1. The number of rotatable bonds is 19.